The van der Waals surface area contributed by atoms with Crippen LogP contribution in [-0.2, 0) is 9.59 Å². The molecule has 0 aliphatic carbocycles. The van der Waals surface area contributed by atoms with Gasteiger partial charge in [-0.1, -0.05) is 29.8 Å². The monoisotopic (exact) mass is 411 g/mol. The molecule has 0 spiro atoms. The van der Waals surface area contributed by atoms with Crippen molar-refractivity contribution in [2.45, 2.75) is 40.2 Å². The zero-order chi connectivity index (χ0) is 21.8. The van der Waals surface area contributed by atoms with Crippen LogP contribution in [0.15, 0.2) is 46.4 Å². The van der Waals surface area contributed by atoms with Crippen molar-refractivity contribution in [3.8, 4) is 0 Å². The van der Waals surface area contributed by atoms with Gasteiger partial charge in [-0.15, -0.1) is 0 Å². The van der Waals surface area contributed by atoms with Gasteiger partial charge in [-0.2, -0.15) is 0 Å². The summed E-state index contributed by atoms with van der Waals surface area (Å²) in [5, 5.41) is 11.0. The molecule has 6 nitrogen and oxygen atoms in total. The standard InChI is InChI=1S/C24H30N2O4/c1-5-25(6-2)14-7-15-26-21(19-13-10-17(4)30-19)20(23(28)24(26)29)22(27)18-11-8-16(3)9-12-18/h8-13,21,27H,5-7,14-15H2,1-4H3/p+1/t21-/m1/s1. The van der Waals surface area contributed by atoms with E-state index in [4.69, 9.17) is 4.42 Å². The number of quaternary nitrogens is 1. The largest absolute Gasteiger partial charge is 0.507 e. The van der Waals surface area contributed by atoms with E-state index >= 15 is 0 Å². The highest BCUT2D eigenvalue weighted by molar-refractivity contribution is 6.46. The Kier molecular flexibility index (Phi) is 6.77. The molecule has 1 aliphatic rings. The molecule has 2 N–H and O–H groups in total. The average molecular weight is 412 g/mol. The van der Waals surface area contributed by atoms with Gasteiger partial charge in [0.2, 0.25) is 0 Å². The number of aliphatic hydroxyl groups is 1. The minimum Gasteiger partial charge on any atom is -0.507 e. The van der Waals surface area contributed by atoms with Crippen LogP contribution >= 0.6 is 0 Å². The van der Waals surface area contributed by atoms with Crippen LogP contribution in [0.25, 0.3) is 5.76 Å². The Hall–Kier alpha value is -2.86. The van der Waals surface area contributed by atoms with E-state index < -0.39 is 17.7 Å². The van der Waals surface area contributed by atoms with E-state index in [1.54, 1.807) is 29.2 Å². The molecule has 30 heavy (non-hydrogen) atoms. The molecule has 1 amide bonds. The fourth-order valence-electron chi connectivity index (χ4n) is 3.98. The highest BCUT2D eigenvalue weighted by atomic mass is 16.3. The van der Waals surface area contributed by atoms with Gasteiger partial charge in [0.05, 0.1) is 25.2 Å². The van der Waals surface area contributed by atoms with Crippen LogP contribution in [0.5, 0.6) is 0 Å². The van der Waals surface area contributed by atoms with Crippen LogP contribution in [-0.4, -0.2) is 47.9 Å². The maximum absolute atomic E-state index is 12.9. The van der Waals surface area contributed by atoms with Gasteiger partial charge in [-0.25, -0.2) is 0 Å². The van der Waals surface area contributed by atoms with Crippen molar-refractivity contribution in [3.63, 3.8) is 0 Å². The van der Waals surface area contributed by atoms with E-state index in [0.717, 1.165) is 31.6 Å². The van der Waals surface area contributed by atoms with Crippen molar-refractivity contribution in [3.05, 3.63) is 64.6 Å². The molecule has 1 aliphatic heterocycles. The number of Topliss-reactive ketones (excluding diaryl/α,β-unsaturated/α-hetero) is 1. The number of amides is 1. The lowest BCUT2D eigenvalue weighted by atomic mass is 9.99. The van der Waals surface area contributed by atoms with Gasteiger partial charge in [-0.05, 0) is 39.8 Å². The number of nitrogens with one attached hydrogen (secondary N) is 1. The third-order valence-corrected chi connectivity index (χ3v) is 5.82. The van der Waals surface area contributed by atoms with Crippen molar-refractivity contribution in [2.75, 3.05) is 26.2 Å². The Balaban J connectivity index is 1.99. The summed E-state index contributed by atoms with van der Waals surface area (Å²) >= 11 is 0. The summed E-state index contributed by atoms with van der Waals surface area (Å²) < 4.78 is 5.80. The minimum absolute atomic E-state index is 0.0911. The maximum atomic E-state index is 12.9. The van der Waals surface area contributed by atoms with Crippen molar-refractivity contribution < 1.29 is 24.0 Å². The molecule has 0 unspecified atom stereocenters. The Morgan fingerprint density at radius 1 is 1.07 bits per heavy atom. The molecule has 0 radical (unpaired) electrons. The van der Waals surface area contributed by atoms with Crippen LogP contribution in [0.1, 0.15) is 49.0 Å². The Bertz CT molecular complexity index is 938. The van der Waals surface area contributed by atoms with Gasteiger partial charge >= 0.3 is 0 Å². The lowest BCUT2D eigenvalue weighted by molar-refractivity contribution is -0.896. The summed E-state index contributed by atoms with van der Waals surface area (Å²) in [7, 11) is 0. The zero-order valence-electron chi connectivity index (χ0n) is 18.2. The predicted molar refractivity (Wildman–Crippen MR) is 115 cm³/mol. The van der Waals surface area contributed by atoms with E-state index in [9.17, 15) is 14.7 Å². The van der Waals surface area contributed by atoms with Crippen LogP contribution in [0.3, 0.4) is 0 Å². The van der Waals surface area contributed by atoms with E-state index in [2.05, 4.69) is 13.8 Å². The SMILES string of the molecule is CC[NH+](CC)CCCN1C(=O)C(=O)C(=C(O)c2ccc(C)cc2)[C@H]1c1ccc(C)o1. The number of likely N-dealkylation sites (tertiary alicyclic amines) is 1. The Morgan fingerprint density at radius 3 is 2.30 bits per heavy atom. The van der Waals surface area contributed by atoms with Crippen molar-refractivity contribution >= 4 is 17.4 Å². The first kappa shape index (κ1) is 21.8. The molecule has 6 heteroatoms. The van der Waals surface area contributed by atoms with Gasteiger partial charge in [0.1, 0.15) is 23.3 Å². The van der Waals surface area contributed by atoms with E-state index in [0.29, 0.717) is 23.6 Å². The fourth-order valence-corrected chi connectivity index (χ4v) is 3.98. The maximum Gasteiger partial charge on any atom is 0.295 e. The molecule has 160 valence electrons. The number of hydrogen-bond acceptors (Lipinski definition) is 4. The molecule has 2 heterocycles. The van der Waals surface area contributed by atoms with Crippen molar-refractivity contribution in [1.29, 1.82) is 0 Å². The molecule has 3 rings (SSSR count). The third-order valence-electron chi connectivity index (χ3n) is 5.82. The summed E-state index contributed by atoms with van der Waals surface area (Å²) in [5.74, 6) is -0.224. The topological polar surface area (TPSA) is 75.2 Å². The lowest BCUT2D eigenvalue weighted by Gasteiger charge is -2.24. The number of benzene rings is 1. The Morgan fingerprint density at radius 2 is 1.73 bits per heavy atom. The smallest absolute Gasteiger partial charge is 0.295 e. The van der Waals surface area contributed by atoms with Gasteiger partial charge in [-0.3, -0.25) is 9.59 Å². The number of rotatable bonds is 8. The second kappa shape index (κ2) is 9.30. The normalized spacial score (nSPS) is 18.6. The highest BCUT2D eigenvalue weighted by Crippen LogP contribution is 2.40. The Labute approximate surface area is 177 Å². The minimum atomic E-state index is -0.716. The summed E-state index contributed by atoms with van der Waals surface area (Å²) in [6.07, 6.45) is 0.769. The molecular formula is C24H31N2O4+. The number of hydrogen-bond donors (Lipinski definition) is 2. The molecule has 1 fully saturated rings. The molecule has 0 bridgehead atoms. The zero-order valence-corrected chi connectivity index (χ0v) is 18.2. The summed E-state index contributed by atoms with van der Waals surface area (Å²) in [6, 6.07) is 10.1. The predicted octanol–water partition coefficient (Wildman–Crippen LogP) is 2.63. The molecule has 0 saturated carbocycles. The van der Waals surface area contributed by atoms with Gasteiger partial charge < -0.3 is 19.3 Å². The number of ketones is 1. The first-order chi connectivity index (χ1) is 14.4. The summed E-state index contributed by atoms with van der Waals surface area (Å²) in [4.78, 5) is 28.8. The highest BCUT2D eigenvalue weighted by Gasteiger charge is 2.47. The van der Waals surface area contributed by atoms with Crippen LogP contribution in [0.4, 0.5) is 0 Å². The molecule has 1 saturated heterocycles. The number of furan rings is 1. The first-order valence-corrected chi connectivity index (χ1v) is 10.6. The summed E-state index contributed by atoms with van der Waals surface area (Å²) in [5.41, 5.74) is 1.65. The van der Waals surface area contributed by atoms with E-state index in [1.165, 1.54) is 4.90 Å². The number of nitrogens with zero attached hydrogens (tertiary/aromatic N) is 1. The lowest BCUT2D eigenvalue weighted by Crippen LogP contribution is -3.11. The van der Waals surface area contributed by atoms with E-state index in [1.807, 2.05) is 26.0 Å². The molecule has 2 aromatic rings. The number of carbonyl (C=O) groups excluding carboxylic acids is 2. The fraction of sp³-hybridized carbons (Fsp3) is 0.417. The van der Waals surface area contributed by atoms with Crippen LogP contribution < -0.4 is 4.90 Å². The molecule has 1 aromatic carbocycles. The van der Waals surface area contributed by atoms with Crippen molar-refractivity contribution in [1.82, 2.24) is 4.90 Å². The van der Waals surface area contributed by atoms with Crippen LogP contribution in [0.2, 0.25) is 0 Å². The van der Waals surface area contributed by atoms with Gasteiger partial charge in [0.25, 0.3) is 11.7 Å². The number of carbonyl (C=O) groups is 2. The van der Waals surface area contributed by atoms with Gasteiger partial charge in [0.15, 0.2) is 0 Å². The second-order valence-corrected chi connectivity index (χ2v) is 7.87. The van der Waals surface area contributed by atoms with Crippen molar-refractivity contribution in [2.24, 2.45) is 0 Å². The third kappa shape index (κ3) is 4.33. The second-order valence-electron chi connectivity index (χ2n) is 7.87. The van der Waals surface area contributed by atoms with Crippen LogP contribution in [0, 0.1) is 13.8 Å². The number of aryl methyl sites for hydroxylation is 2. The molecule has 1 aromatic heterocycles. The summed E-state index contributed by atoms with van der Waals surface area (Å²) in [6.45, 7) is 11.4. The average Bonchev–Trinajstić information content (AvgIpc) is 3.27. The van der Waals surface area contributed by atoms with E-state index in [-0.39, 0.29) is 11.3 Å². The molecule has 1 atom stereocenters. The quantitative estimate of drug-likeness (QED) is 0.398. The van der Waals surface area contributed by atoms with Gasteiger partial charge in [0, 0.05) is 18.5 Å². The molecular weight excluding hydrogens is 380 g/mol. The number of aliphatic hydroxyl groups excluding tert-OH is 1. The first-order valence-electron chi connectivity index (χ1n) is 10.6.